The Labute approximate surface area is 277 Å². The maximum Gasteiger partial charge on any atom is 0.262 e. The second-order valence-corrected chi connectivity index (χ2v) is 13.9. The van der Waals surface area contributed by atoms with Gasteiger partial charge in [0, 0.05) is 35.8 Å². The number of ether oxygens (including phenoxy) is 1. The molecule has 0 bridgehead atoms. The fourth-order valence-corrected chi connectivity index (χ4v) is 8.60. The number of rotatable bonds is 7. The van der Waals surface area contributed by atoms with Crippen LogP contribution in [0, 0.1) is 6.92 Å². The van der Waals surface area contributed by atoms with E-state index in [2.05, 4.69) is 10.2 Å². The number of thiophene rings is 1. The number of aryl methyl sites for hydroxylation is 1. The molecule has 2 aliphatic heterocycles. The molecular weight excluding hydrogens is 613 g/mol. The Bertz CT molecular complexity index is 1870. The van der Waals surface area contributed by atoms with E-state index in [1.807, 2.05) is 54.3 Å². The zero-order valence-corrected chi connectivity index (χ0v) is 27.3. The van der Waals surface area contributed by atoms with E-state index in [-0.39, 0.29) is 17.9 Å². The van der Waals surface area contributed by atoms with Gasteiger partial charge in [0.1, 0.15) is 17.0 Å². The molecule has 1 aliphatic carbocycles. The number of hydrogen-bond donors (Lipinski definition) is 4. The van der Waals surface area contributed by atoms with E-state index in [0.29, 0.717) is 68.5 Å². The predicted molar refractivity (Wildman–Crippen MR) is 184 cm³/mol. The standard InChI is InChI=1S/C36H40N6O4S/c1-21-18-24(46-23-9-3-2-4-10-23)11-12-25(21)36(39)26-13-14-27(37)32-29(26)30(31(38)34(36)44)33(47-32)35(45)40-22-8-7-17-42(19-22)28(43)20-41-15-5-6-16-41/h2-4,9-14,18,22,31H,5-8,15-17,19-20,37-39H2,1H3,(H,40,45). The molecule has 2 fully saturated rings. The van der Waals surface area contributed by atoms with Gasteiger partial charge in [0.05, 0.1) is 22.2 Å². The molecule has 3 heterocycles. The minimum atomic E-state index is -1.57. The molecule has 11 heteroatoms. The number of hydrogen-bond acceptors (Lipinski definition) is 9. The number of ketones is 1. The highest BCUT2D eigenvalue weighted by Gasteiger charge is 2.49. The van der Waals surface area contributed by atoms with Gasteiger partial charge in [-0.15, -0.1) is 11.3 Å². The van der Waals surface area contributed by atoms with Crippen molar-refractivity contribution in [2.45, 2.75) is 50.2 Å². The van der Waals surface area contributed by atoms with Gasteiger partial charge < -0.3 is 32.2 Å². The summed E-state index contributed by atoms with van der Waals surface area (Å²) in [6.45, 7) is 5.35. The number of benzene rings is 3. The first-order chi connectivity index (χ1) is 22.6. The average Bonchev–Trinajstić information content (AvgIpc) is 3.73. The van der Waals surface area contributed by atoms with Crippen LogP contribution in [0.2, 0.25) is 0 Å². The molecule has 2 saturated heterocycles. The lowest BCUT2D eigenvalue weighted by Gasteiger charge is -2.37. The van der Waals surface area contributed by atoms with Gasteiger partial charge in [-0.25, -0.2) is 0 Å². The van der Waals surface area contributed by atoms with E-state index in [4.69, 9.17) is 21.9 Å². The van der Waals surface area contributed by atoms with Crippen molar-refractivity contribution in [1.29, 1.82) is 0 Å². The van der Waals surface area contributed by atoms with Gasteiger partial charge in [0.25, 0.3) is 5.91 Å². The van der Waals surface area contributed by atoms with Crippen LogP contribution < -0.4 is 27.3 Å². The Morgan fingerprint density at radius 3 is 2.49 bits per heavy atom. The van der Waals surface area contributed by atoms with Crippen molar-refractivity contribution in [3.05, 3.63) is 87.8 Å². The first kappa shape index (κ1) is 31.3. The highest BCUT2D eigenvalue weighted by atomic mass is 32.1. The summed E-state index contributed by atoms with van der Waals surface area (Å²) >= 11 is 1.23. The van der Waals surface area contributed by atoms with E-state index in [1.165, 1.54) is 11.3 Å². The van der Waals surface area contributed by atoms with Gasteiger partial charge in [-0.1, -0.05) is 30.3 Å². The Balaban J connectivity index is 1.19. The monoisotopic (exact) mass is 652 g/mol. The van der Waals surface area contributed by atoms with Gasteiger partial charge in [-0.3, -0.25) is 19.3 Å². The molecule has 3 unspecified atom stereocenters. The first-order valence-electron chi connectivity index (χ1n) is 16.2. The van der Waals surface area contributed by atoms with Crippen LogP contribution in [0.4, 0.5) is 5.69 Å². The topological polar surface area (TPSA) is 157 Å². The van der Waals surface area contributed by atoms with Crippen LogP contribution in [-0.4, -0.2) is 66.2 Å². The number of likely N-dealkylation sites (tertiary alicyclic amines) is 2. The molecule has 3 atom stereocenters. The van der Waals surface area contributed by atoms with Crippen LogP contribution in [0.15, 0.2) is 60.7 Å². The fraction of sp³-hybridized carbons (Fsp3) is 0.361. The molecule has 47 heavy (non-hydrogen) atoms. The number of nitrogens with one attached hydrogen (secondary N) is 1. The summed E-state index contributed by atoms with van der Waals surface area (Å²) in [5, 5.41) is 3.80. The van der Waals surface area contributed by atoms with E-state index < -0.39 is 17.4 Å². The minimum absolute atomic E-state index is 0.0991. The molecule has 7 N–H and O–H groups in total. The second kappa shape index (κ2) is 12.4. The number of anilines is 1. The zero-order chi connectivity index (χ0) is 32.9. The second-order valence-electron chi connectivity index (χ2n) is 12.9. The van der Waals surface area contributed by atoms with Crippen molar-refractivity contribution in [3.8, 4) is 11.5 Å². The van der Waals surface area contributed by atoms with Crippen molar-refractivity contribution in [2.24, 2.45) is 11.5 Å². The first-order valence-corrected chi connectivity index (χ1v) is 17.1. The van der Waals surface area contributed by atoms with E-state index in [0.717, 1.165) is 44.3 Å². The molecule has 0 radical (unpaired) electrons. The van der Waals surface area contributed by atoms with Gasteiger partial charge in [0.2, 0.25) is 5.91 Å². The largest absolute Gasteiger partial charge is 0.457 e. The van der Waals surface area contributed by atoms with Gasteiger partial charge in [-0.05, 0) is 92.7 Å². The molecule has 0 spiro atoms. The minimum Gasteiger partial charge on any atom is -0.457 e. The Morgan fingerprint density at radius 2 is 1.74 bits per heavy atom. The van der Waals surface area contributed by atoms with Crippen molar-refractivity contribution in [1.82, 2.24) is 15.1 Å². The average molecular weight is 653 g/mol. The van der Waals surface area contributed by atoms with E-state index >= 15 is 0 Å². The normalized spacial score (nSPS) is 22.9. The molecule has 3 aromatic carbocycles. The van der Waals surface area contributed by atoms with Crippen molar-refractivity contribution >= 4 is 44.7 Å². The van der Waals surface area contributed by atoms with Crippen LogP contribution in [0.5, 0.6) is 11.5 Å². The number of carbonyl (C=O) groups excluding carboxylic acids is 3. The van der Waals surface area contributed by atoms with E-state index in [1.54, 1.807) is 18.2 Å². The summed E-state index contributed by atoms with van der Waals surface area (Å²) in [4.78, 5) is 45.6. The van der Waals surface area contributed by atoms with Crippen LogP contribution in [0.1, 0.15) is 63.7 Å². The lowest BCUT2D eigenvalue weighted by Crippen LogP contribution is -2.53. The molecule has 2 amide bonds. The number of carbonyl (C=O) groups is 3. The quantitative estimate of drug-likeness (QED) is 0.217. The van der Waals surface area contributed by atoms with Gasteiger partial charge >= 0.3 is 0 Å². The zero-order valence-electron chi connectivity index (χ0n) is 26.5. The summed E-state index contributed by atoms with van der Waals surface area (Å²) in [5.41, 5.74) is 21.6. The van der Waals surface area contributed by atoms with Crippen LogP contribution >= 0.6 is 11.3 Å². The SMILES string of the molecule is Cc1cc(Oc2ccccc2)ccc1C1(N)C(=O)C(N)c2c(C(=O)NC3CCCN(C(=O)CN4CCCC4)C3)sc3c(N)ccc1c23. The van der Waals surface area contributed by atoms with Crippen molar-refractivity contribution in [2.75, 3.05) is 38.5 Å². The number of amides is 2. The third kappa shape index (κ3) is 5.57. The highest BCUT2D eigenvalue weighted by molar-refractivity contribution is 7.21. The van der Waals surface area contributed by atoms with Crippen molar-refractivity contribution in [3.63, 3.8) is 0 Å². The summed E-state index contributed by atoms with van der Waals surface area (Å²) < 4.78 is 6.69. The summed E-state index contributed by atoms with van der Waals surface area (Å²) in [5.74, 6) is 0.685. The third-order valence-corrected chi connectivity index (χ3v) is 11.0. The number of piperidine rings is 1. The predicted octanol–water partition coefficient (Wildman–Crippen LogP) is 4.19. The summed E-state index contributed by atoms with van der Waals surface area (Å²) in [7, 11) is 0. The number of nitrogens with two attached hydrogens (primary N) is 3. The molecule has 7 rings (SSSR count). The Hall–Kier alpha value is -4.29. The molecule has 0 saturated carbocycles. The Kier molecular flexibility index (Phi) is 8.25. The molecule has 1 aromatic heterocycles. The molecule has 4 aromatic rings. The lowest BCUT2D eigenvalue weighted by molar-refractivity contribution is -0.133. The molecule has 244 valence electrons. The van der Waals surface area contributed by atoms with E-state index in [9.17, 15) is 14.4 Å². The third-order valence-electron chi connectivity index (χ3n) is 9.79. The van der Waals surface area contributed by atoms with Gasteiger partial charge in [-0.2, -0.15) is 0 Å². The fourth-order valence-electron chi connectivity index (χ4n) is 7.40. The highest BCUT2D eigenvalue weighted by Crippen LogP contribution is 2.50. The Morgan fingerprint density at radius 1 is 1.00 bits per heavy atom. The number of nitrogens with zero attached hydrogens (tertiary/aromatic N) is 2. The number of nitrogen functional groups attached to an aromatic ring is 1. The summed E-state index contributed by atoms with van der Waals surface area (Å²) in [6.07, 6.45) is 3.81. The number of para-hydroxylation sites is 1. The maximum atomic E-state index is 14.3. The van der Waals surface area contributed by atoms with Crippen LogP contribution in [0.3, 0.4) is 0 Å². The maximum absolute atomic E-state index is 14.3. The van der Waals surface area contributed by atoms with Crippen LogP contribution in [-0.2, 0) is 15.1 Å². The summed E-state index contributed by atoms with van der Waals surface area (Å²) in [6, 6.07) is 17.1. The number of Topliss-reactive ketones (excluding diaryl/α,β-unsaturated/α-hetero) is 1. The smallest absolute Gasteiger partial charge is 0.262 e. The van der Waals surface area contributed by atoms with Crippen molar-refractivity contribution < 1.29 is 19.1 Å². The molecule has 3 aliphatic rings. The van der Waals surface area contributed by atoms with Crippen LogP contribution in [0.25, 0.3) is 10.1 Å². The van der Waals surface area contributed by atoms with Gasteiger partial charge in [0.15, 0.2) is 5.78 Å². The molecule has 10 nitrogen and oxygen atoms in total. The lowest BCUT2D eigenvalue weighted by atomic mass is 9.69. The molecular formula is C36H40N6O4S.